The molecule has 0 saturated heterocycles. The van der Waals surface area contributed by atoms with E-state index in [4.69, 9.17) is 0 Å². The smallest absolute Gasteiger partial charge is 0.0736 e. The highest BCUT2D eigenvalue weighted by Crippen LogP contribution is 2.64. The summed E-state index contributed by atoms with van der Waals surface area (Å²) in [6.07, 6.45) is 0. The van der Waals surface area contributed by atoms with E-state index in [1.54, 1.807) is 0 Å². The zero-order chi connectivity index (χ0) is 32.4. The van der Waals surface area contributed by atoms with Crippen molar-refractivity contribution < 1.29 is 0 Å². The molecule has 0 saturated carbocycles. The van der Waals surface area contributed by atoms with Crippen molar-refractivity contribution in [3.8, 4) is 22.3 Å². The molecule has 0 aromatic heterocycles. The van der Waals surface area contributed by atoms with Crippen LogP contribution in [0.1, 0.15) is 22.3 Å². The summed E-state index contributed by atoms with van der Waals surface area (Å²) in [6.45, 7) is 0. The van der Waals surface area contributed by atoms with E-state index in [1.165, 1.54) is 70.8 Å². The lowest BCUT2D eigenvalue weighted by atomic mass is 9.67. The van der Waals surface area contributed by atoms with E-state index in [1.807, 2.05) is 11.8 Å². The lowest BCUT2D eigenvalue weighted by molar-refractivity contribution is 0.724. The zero-order valence-corrected chi connectivity index (χ0v) is 27.6. The minimum atomic E-state index is -0.456. The molecule has 0 bridgehead atoms. The van der Waals surface area contributed by atoms with Gasteiger partial charge in [-0.25, -0.2) is 0 Å². The van der Waals surface area contributed by atoms with Gasteiger partial charge in [0.15, 0.2) is 0 Å². The highest BCUT2D eigenvalue weighted by Gasteiger charge is 2.51. The molecule has 49 heavy (non-hydrogen) atoms. The van der Waals surface area contributed by atoms with Crippen molar-refractivity contribution in [1.82, 2.24) is 0 Å². The molecule has 8 aromatic rings. The van der Waals surface area contributed by atoms with Crippen molar-refractivity contribution in [3.63, 3.8) is 0 Å². The number of anilines is 3. The summed E-state index contributed by atoms with van der Waals surface area (Å²) in [5.74, 6) is 0. The summed E-state index contributed by atoms with van der Waals surface area (Å²) in [5, 5.41) is 2.47. The Bertz CT molecular complexity index is 2470. The molecule has 8 aromatic carbocycles. The van der Waals surface area contributed by atoms with Crippen LogP contribution in [0.2, 0.25) is 0 Å². The van der Waals surface area contributed by atoms with Gasteiger partial charge in [0.1, 0.15) is 0 Å². The van der Waals surface area contributed by atoms with Crippen LogP contribution in [0.3, 0.4) is 0 Å². The van der Waals surface area contributed by atoms with Gasteiger partial charge in [-0.1, -0.05) is 163 Å². The van der Waals surface area contributed by atoms with Crippen LogP contribution in [0, 0.1) is 0 Å². The van der Waals surface area contributed by atoms with Crippen molar-refractivity contribution in [2.24, 2.45) is 0 Å². The molecule has 0 amide bonds. The van der Waals surface area contributed by atoms with Crippen molar-refractivity contribution >= 4 is 39.6 Å². The predicted octanol–water partition coefficient (Wildman–Crippen LogP) is 12.8. The highest BCUT2D eigenvalue weighted by atomic mass is 32.2. The third-order valence-corrected chi connectivity index (χ3v) is 11.5. The van der Waals surface area contributed by atoms with Gasteiger partial charge >= 0.3 is 0 Å². The minimum Gasteiger partial charge on any atom is -0.309 e. The van der Waals surface area contributed by atoms with E-state index in [0.29, 0.717) is 0 Å². The first-order valence-electron chi connectivity index (χ1n) is 16.9. The highest BCUT2D eigenvalue weighted by molar-refractivity contribution is 7.99. The van der Waals surface area contributed by atoms with Gasteiger partial charge in [-0.05, 0) is 86.3 Å². The Hall–Kier alpha value is -5.83. The molecule has 1 aliphatic heterocycles. The average Bonchev–Trinajstić information content (AvgIpc) is 3.47. The average molecular weight is 642 g/mol. The van der Waals surface area contributed by atoms with Crippen molar-refractivity contribution in [1.29, 1.82) is 0 Å². The maximum absolute atomic E-state index is 2.48. The summed E-state index contributed by atoms with van der Waals surface area (Å²) in [7, 11) is 0. The molecule has 2 heteroatoms. The predicted molar refractivity (Wildman–Crippen MR) is 205 cm³/mol. The van der Waals surface area contributed by atoms with Gasteiger partial charge in [-0.15, -0.1) is 0 Å². The molecule has 2 aliphatic rings. The molecule has 1 nitrogen and oxygen atoms in total. The van der Waals surface area contributed by atoms with Crippen LogP contribution >= 0.6 is 11.8 Å². The molecule has 0 N–H and O–H groups in total. The summed E-state index contributed by atoms with van der Waals surface area (Å²) >= 11 is 1.91. The van der Waals surface area contributed by atoms with E-state index >= 15 is 0 Å². The molecule has 10 rings (SSSR count). The lowest BCUT2D eigenvalue weighted by Crippen LogP contribution is -2.32. The number of rotatable bonds is 4. The quantitative estimate of drug-likeness (QED) is 0.188. The molecular weight excluding hydrogens is 611 g/mol. The summed E-state index contributed by atoms with van der Waals surface area (Å²) in [5.41, 5.74) is 13.5. The lowest BCUT2D eigenvalue weighted by Gasteiger charge is -2.42. The fourth-order valence-corrected chi connectivity index (χ4v) is 9.58. The van der Waals surface area contributed by atoms with Gasteiger partial charge in [0.25, 0.3) is 0 Å². The summed E-state index contributed by atoms with van der Waals surface area (Å²) in [6, 6.07) is 69.2. The summed E-state index contributed by atoms with van der Waals surface area (Å²) < 4.78 is 0. The van der Waals surface area contributed by atoms with Crippen molar-refractivity contribution in [3.05, 3.63) is 210 Å². The third kappa shape index (κ3) is 4.14. The minimum absolute atomic E-state index is 0.456. The fourth-order valence-electron chi connectivity index (χ4n) is 8.27. The summed E-state index contributed by atoms with van der Waals surface area (Å²) in [4.78, 5) is 5.07. The van der Waals surface area contributed by atoms with Gasteiger partial charge in [0.2, 0.25) is 0 Å². The first kappa shape index (κ1) is 28.2. The van der Waals surface area contributed by atoms with Crippen LogP contribution in [-0.4, -0.2) is 0 Å². The number of para-hydroxylation sites is 1. The van der Waals surface area contributed by atoms with E-state index in [0.717, 1.165) is 11.4 Å². The van der Waals surface area contributed by atoms with E-state index in [-0.39, 0.29) is 0 Å². The number of fused-ring (bicyclic) bond motifs is 10. The molecule has 0 atom stereocenters. The maximum atomic E-state index is 2.48. The molecule has 0 fully saturated rings. The standard InChI is InChI=1S/C47H31NS/c1-3-15-32(16-4-1)33-27-29-36(30-28-33)48(35-18-5-2-6-19-35)45-37-20-8-7-17-34(37)31-43-46(45)49-44-26-14-13-25-42(44)47(43)40-23-11-9-21-38(40)39-22-10-12-24-41(39)47/h1-31H. The van der Waals surface area contributed by atoms with Gasteiger partial charge < -0.3 is 4.90 Å². The Kier molecular flexibility index (Phi) is 6.40. The fraction of sp³-hybridized carbons (Fsp3) is 0.0213. The first-order chi connectivity index (χ1) is 24.3. The number of benzene rings is 8. The molecular formula is C47H31NS. The Morgan fingerprint density at radius 2 is 0.939 bits per heavy atom. The second-order valence-electron chi connectivity index (χ2n) is 12.8. The van der Waals surface area contributed by atoms with Gasteiger partial charge in [0.05, 0.1) is 11.1 Å². The molecule has 230 valence electrons. The Morgan fingerprint density at radius 3 is 1.65 bits per heavy atom. The SMILES string of the molecule is c1ccc(-c2ccc(N(c3ccccc3)c3c4c(cc5ccccc35)C3(c5ccccc5S4)c4ccccc4-c4ccccc43)cc2)cc1. The van der Waals surface area contributed by atoms with Gasteiger partial charge in [0, 0.05) is 26.6 Å². The Balaban J connectivity index is 1.32. The second-order valence-corrected chi connectivity index (χ2v) is 13.9. The van der Waals surface area contributed by atoms with E-state index < -0.39 is 5.41 Å². The van der Waals surface area contributed by atoms with Crippen LogP contribution in [0.4, 0.5) is 17.1 Å². The van der Waals surface area contributed by atoms with E-state index in [9.17, 15) is 0 Å². The third-order valence-electron chi connectivity index (χ3n) is 10.3. The maximum Gasteiger partial charge on any atom is 0.0736 e. The zero-order valence-electron chi connectivity index (χ0n) is 26.8. The van der Waals surface area contributed by atoms with Crippen LogP contribution in [0.25, 0.3) is 33.0 Å². The molecule has 0 unspecified atom stereocenters. The monoisotopic (exact) mass is 641 g/mol. The Labute approximate surface area is 291 Å². The first-order valence-corrected chi connectivity index (χ1v) is 17.7. The number of hydrogen-bond acceptors (Lipinski definition) is 2. The largest absolute Gasteiger partial charge is 0.309 e. The molecule has 0 radical (unpaired) electrons. The number of hydrogen-bond donors (Lipinski definition) is 0. The number of nitrogens with zero attached hydrogens (tertiary/aromatic N) is 1. The van der Waals surface area contributed by atoms with Crippen molar-refractivity contribution in [2.75, 3.05) is 4.90 Å². The molecule has 1 aliphatic carbocycles. The van der Waals surface area contributed by atoms with Crippen LogP contribution in [0.5, 0.6) is 0 Å². The van der Waals surface area contributed by atoms with Crippen molar-refractivity contribution in [2.45, 2.75) is 15.2 Å². The molecule has 1 heterocycles. The normalized spacial score (nSPS) is 13.4. The molecule has 1 spiro atoms. The topological polar surface area (TPSA) is 3.24 Å². The van der Waals surface area contributed by atoms with Gasteiger partial charge in [-0.2, -0.15) is 0 Å². The van der Waals surface area contributed by atoms with E-state index in [2.05, 4.69) is 193 Å². The van der Waals surface area contributed by atoms with Crippen LogP contribution < -0.4 is 4.90 Å². The second kappa shape index (κ2) is 11.1. The van der Waals surface area contributed by atoms with Crippen LogP contribution in [-0.2, 0) is 5.41 Å². The van der Waals surface area contributed by atoms with Crippen LogP contribution in [0.15, 0.2) is 198 Å². The van der Waals surface area contributed by atoms with Gasteiger partial charge in [-0.3, -0.25) is 0 Å². The Morgan fingerprint density at radius 1 is 0.408 bits per heavy atom.